The van der Waals surface area contributed by atoms with Crippen LogP contribution in [0.5, 0.6) is 0 Å². The first-order valence-corrected chi connectivity index (χ1v) is 14.4. The summed E-state index contributed by atoms with van der Waals surface area (Å²) in [6.45, 7) is 2.06. The second kappa shape index (κ2) is 10.6. The standard InChI is InChI=1S/C37H24F2N6/c1-21-11-24(36-32(3-2-10-40-36)22-5-8-34-27(12-22)19-42-44-34)4-7-31(21)26-16-33(23-6-9-35-28(13-23)20-43-45-35)37(41-18-26)25-14-29(38)17-30(39)15-25/h2-20H,1H3,(H,42,44)(H,43,45). The largest absolute Gasteiger partial charge is 0.278 e. The SMILES string of the molecule is Cc1cc(-c2ncccc2-c2ccc3[nH]ncc3c2)ccc1-c1cnc(-c2cc(F)cc(F)c2)c(-c2ccc3[nH]ncc3c2)c1. The Bertz CT molecular complexity index is 2370. The number of rotatable bonds is 5. The third-order valence-electron chi connectivity index (χ3n) is 8.14. The summed E-state index contributed by atoms with van der Waals surface area (Å²) < 4.78 is 28.6. The summed E-state index contributed by atoms with van der Waals surface area (Å²) in [6, 6.07) is 27.9. The fraction of sp³-hybridized carbons (Fsp3) is 0.0270. The van der Waals surface area contributed by atoms with E-state index in [-0.39, 0.29) is 0 Å². The molecule has 4 aromatic heterocycles. The summed E-state index contributed by atoms with van der Waals surface area (Å²) in [6.07, 6.45) is 7.13. The fourth-order valence-electron chi connectivity index (χ4n) is 5.98. The molecule has 4 aromatic carbocycles. The molecule has 2 N–H and O–H groups in total. The Kier molecular flexibility index (Phi) is 6.27. The van der Waals surface area contributed by atoms with Crippen molar-refractivity contribution in [3.63, 3.8) is 0 Å². The van der Waals surface area contributed by atoms with Crippen LogP contribution in [-0.2, 0) is 0 Å². The molecule has 0 aliphatic heterocycles. The van der Waals surface area contributed by atoms with E-state index in [1.165, 1.54) is 12.1 Å². The van der Waals surface area contributed by atoms with Crippen LogP contribution < -0.4 is 0 Å². The maximum absolute atomic E-state index is 14.3. The number of nitrogens with one attached hydrogen (secondary N) is 2. The van der Waals surface area contributed by atoms with Gasteiger partial charge in [0.1, 0.15) is 11.6 Å². The van der Waals surface area contributed by atoms with Crippen LogP contribution in [0.1, 0.15) is 5.56 Å². The van der Waals surface area contributed by atoms with Crippen LogP contribution in [0.3, 0.4) is 0 Å². The van der Waals surface area contributed by atoms with Crippen molar-refractivity contribution in [1.82, 2.24) is 30.4 Å². The van der Waals surface area contributed by atoms with Gasteiger partial charge in [0.15, 0.2) is 0 Å². The van der Waals surface area contributed by atoms with Crippen molar-refractivity contribution < 1.29 is 8.78 Å². The summed E-state index contributed by atoms with van der Waals surface area (Å²) in [4.78, 5) is 9.54. The molecule has 0 amide bonds. The molecule has 4 heterocycles. The van der Waals surface area contributed by atoms with Crippen molar-refractivity contribution in [2.75, 3.05) is 0 Å². The number of aryl methyl sites for hydroxylation is 1. The number of benzene rings is 4. The Morgan fingerprint density at radius 1 is 0.511 bits per heavy atom. The fourth-order valence-corrected chi connectivity index (χ4v) is 5.98. The molecule has 0 aliphatic rings. The number of H-pyrrole nitrogens is 2. The third-order valence-corrected chi connectivity index (χ3v) is 8.14. The predicted molar refractivity (Wildman–Crippen MR) is 173 cm³/mol. The minimum Gasteiger partial charge on any atom is -0.278 e. The van der Waals surface area contributed by atoms with Crippen molar-refractivity contribution in [1.29, 1.82) is 0 Å². The molecule has 216 valence electrons. The zero-order valence-corrected chi connectivity index (χ0v) is 24.0. The van der Waals surface area contributed by atoms with Gasteiger partial charge in [-0.25, -0.2) is 8.78 Å². The molecule has 8 rings (SSSR count). The molecule has 45 heavy (non-hydrogen) atoms. The molecule has 0 fully saturated rings. The molecule has 0 atom stereocenters. The molecule has 8 heteroatoms. The smallest absolute Gasteiger partial charge is 0.126 e. The first-order chi connectivity index (χ1) is 22.0. The number of fused-ring (bicyclic) bond motifs is 2. The molecule has 0 saturated carbocycles. The Labute approximate surface area is 256 Å². The minimum atomic E-state index is -0.655. The highest BCUT2D eigenvalue weighted by Gasteiger charge is 2.17. The second-order valence-corrected chi connectivity index (χ2v) is 11.1. The molecule has 0 radical (unpaired) electrons. The topological polar surface area (TPSA) is 83.1 Å². The third kappa shape index (κ3) is 4.82. The lowest BCUT2D eigenvalue weighted by Gasteiger charge is -2.15. The normalized spacial score (nSPS) is 11.4. The summed E-state index contributed by atoms with van der Waals surface area (Å²) >= 11 is 0. The van der Waals surface area contributed by atoms with E-state index in [1.54, 1.807) is 18.6 Å². The van der Waals surface area contributed by atoms with Crippen LogP contribution in [-0.4, -0.2) is 30.4 Å². The van der Waals surface area contributed by atoms with Crippen molar-refractivity contribution in [2.24, 2.45) is 0 Å². The number of pyridine rings is 2. The Balaban J connectivity index is 1.23. The highest BCUT2D eigenvalue weighted by atomic mass is 19.1. The average molecular weight is 591 g/mol. The van der Waals surface area contributed by atoms with Gasteiger partial charge in [0.05, 0.1) is 34.8 Å². The summed E-state index contributed by atoms with van der Waals surface area (Å²) in [5.41, 5.74) is 11.2. The average Bonchev–Trinajstić information content (AvgIpc) is 3.73. The predicted octanol–water partition coefficient (Wildman–Crippen LogP) is 9.15. The van der Waals surface area contributed by atoms with Gasteiger partial charge in [-0.15, -0.1) is 0 Å². The van der Waals surface area contributed by atoms with Crippen molar-refractivity contribution in [3.8, 4) is 55.9 Å². The zero-order valence-electron chi connectivity index (χ0n) is 24.0. The van der Waals surface area contributed by atoms with Crippen LogP contribution in [0.2, 0.25) is 0 Å². The van der Waals surface area contributed by atoms with Crippen LogP contribution in [0.25, 0.3) is 77.7 Å². The first-order valence-electron chi connectivity index (χ1n) is 14.4. The van der Waals surface area contributed by atoms with Crippen LogP contribution >= 0.6 is 0 Å². The van der Waals surface area contributed by atoms with Gasteiger partial charge >= 0.3 is 0 Å². The number of nitrogens with zero attached hydrogens (tertiary/aromatic N) is 4. The van der Waals surface area contributed by atoms with Gasteiger partial charge in [0, 0.05) is 57.0 Å². The van der Waals surface area contributed by atoms with E-state index in [0.717, 1.165) is 78.1 Å². The van der Waals surface area contributed by atoms with E-state index in [1.807, 2.05) is 42.6 Å². The van der Waals surface area contributed by atoms with Crippen LogP contribution in [0.15, 0.2) is 116 Å². The molecule has 0 spiro atoms. The Morgan fingerprint density at radius 2 is 1.16 bits per heavy atom. The highest BCUT2D eigenvalue weighted by molar-refractivity contribution is 5.91. The molecule has 8 aromatic rings. The van der Waals surface area contributed by atoms with Crippen LogP contribution in [0, 0.1) is 18.6 Å². The van der Waals surface area contributed by atoms with E-state index in [0.29, 0.717) is 11.3 Å². The maximum Gasteiger partial charge on any atom is 0.126 e. The molecule has 6 nitrogen and oxygen atoms in total. The quantitative estimate of drug-likeness (QED) is 0.209. The molecule has 0 saturated heterocycles. The monoisotopic (exact) mass is 590 g/mol. The summed E-state index contributed by atoms with van der Waals surface area (Å²) in [5.74, 6) is -1.31. The van der Waals surface area contributed by atoms with E-state index in [4.69, 9.17) is 9.97 Å². The van der Waals surface area contributed by atoms with Crippen molar-refractivity contribution in [3.05, 3.63) is 133 Å². The van der Waals surface area contributed by atoms with Crippen LogP contribution in [0.4, 0.5) is 8.78 Å². The van der Waals surface area contributed by atoms with Gasteiger partial charge in [0.25, 0.3) is 0 Å². The molecular formula is C37H24F2N6. The van der Waals surface area contributed by atoms with Crippen molar-refractivity contribution >= 4 is 21.8 Å². The number of halogens is 2. The Morgan fingerprint density at radius 3 is 1.84 bits per heavy atom. The number of hydrogen-bond donors (Lipinski definition) is 2. The second-order valence-electron chi connectivity index (χ2n) is 11.1. The van der Waals surface area contributed by atoms with Gasteiger partial charge in [-0.2, -0.15) is 10.2 Å². The molecular weight excluding hydrogens is 566 g/mol. The van der Waals surface area contributed by atoms with Gasteiger partial charge in [0.2, 0.25) is 0 Å². The minimum absolute atomic E-state index is 0.365. The first kappa shape index (κ1) is 26.6. The molecule has 0 unspecified atom stereocenters. The molecule has 0 bridgehead atoms. The number of aromatic amines is 2. The lowest BCUT2D eigenvalue weighted by Crippen LogP contribution is -1.95. The van der Waals surface area contributed by atoms with E-state index in [2.05, 4.69) is 63.7 Å². The molecule has 0 aliphatic carbocycles. The van der Waals surface area contributed by atoms with Gasteiger partial charge < -0.3 is 0 Å². The van der Waals surface area contributed by atoms with Gasteiger partial charge in [-0.3, -0.25) is 20.2 Å². The van der Waals surface area contributed by atoms with Crippen molar-refractivity contribution in [2.45, 2.75) is 6.92 Å². The lowest BCUT2D eigenvalue weighted by atomic mass is 9.92. The maximum atomic E-state index is 14.3. The van der Waals surface area contributed by atoms with Gasteiger partial charge in [-0.05, 0) is 83.8 Å². The van der Waals surface area contributed by atoms with E-state index in [9.17, 15) is 8.78 Å². The Hall–Kier alpha value is -6.02. The summed E-state index contributed by atoms with van der Waals surface area (Å²) in [7, 11) is 0. The van der Waals surface area contributed by atoms with E-state index >= 15 is 0 Å². The highest BCUT2D eigenvalue weighted by Crippen LogP contribution is 2.38. The van der Waals surface area contributed by atoms with E-state index < -0.39 is 11.6 Å². The number of aromatic nitrogens is 6. The lowest BCUT2D eigenvalue weighted by molar-refractivity contribution is 0.584. The van der Waals surface area contributed by atoms with Gasteiger partial charge in [-0.1, -0.05) is 30.3 Å². The zero-order chi connectivity index (χ0) is 30.5. The summed E-state index contributed by atoms with van der Waals surface area (Å²) in [5, 5.41) is 16.2. The number of hydrogen-bond acceptors (Lipinski definition) is 4.